The summed E-state index contributed by atoms with van der Waals surface area (Å²) in [7, 11) is 0. The fraction of sp³-hybridized carbons (Fsp3) is 0.778. The predicted molar refractivity (Wildman–Crippen MR) is 58.1 cm³/mol. The van der Waals surface area contributed by atoms with Gasteiger partial charge in [-0.25, -0.2) is 0 Å². The van der Waals surface area contributed by atoms with Gasteiger partial charge in [-0.2, -0.15) is 11.8 Å². The van der Waals surface area contributed by atoms with Crippen molar-refractivity contribution in [2.45, 2.75) is 26.3 Å². The summed E-state index contributed by atoms with van der Waals surface area (Å²) in [5.41, 5.74) is 2.78. The van der Waals surface area contributed by atoms with E-state index in [1.54, 1.807) is 0 Å². The Hall–Kier alpha value is 0.01000. The average Bonchev–Trinajstić information content (AvgIpc) is 2.02. The summed E-state index contributed by atoms with van der Waals surface area (Å²) in [6.07, 6.45) is 2.85. The maximum atomic E-state index is 5.36. The van der Waals surface area contributed by atoms with Crippen LogP contribution in [0.15, 0.2) is 12.7 Å². The van der Waals surface area contributed by atoms with Crippen LogP contribution in [0.5, 0.6) is 0 Å². The topological polar surface area (TPSA) is 38.0 Å². The van der Waals surface area contributed by atoms with Crippen LogP contribution in [-0.2, 0) is 0 Å². The highest BCUT2D eigenvalue weighted by molar-refractivity contribution is 7.99. The maximum absolute atomic E-state index is 5.36. The number of nitrogens with two attached hydrogens (primary N) is 1. The van der Waals surface area contributed by atoms with Gasteiger partial charge in [0.25, 0.3) is 0 Å². The Kier molecular flexibility index (Phi) is 7.65. The zero-order valence-corrected chi connectivity index (χ0v) is 8.86. The van der Waals surface area contributed by atoms with Gasteiger partial charge in [0.1, 0.15) is 0 Å². The van der Waals surface area contributed by atoms with Crippen LogP contribution >= 0.6 is 11.8 Å². The number of hydrogen-bond acceptors (Lipinski definition) is 3. The highest BCUT2D eigenvalue weighted by Gasteiger charge is 2.04. The van der Waals surface area contributed by atoms with Gasteiger partial charge in [0.2, 0.25) is 0 Å². The third-order valence-electron chi connectivity index (χ3n) is 1.46. The lowest BCUT2D eigenvalue weighted by Gasteiger charge is -2.13. The second-order valence-corrected chi connectivity index (χ2v) is 4.39. The first-order valence-electron chi connectivity index (χ1n) is 4.35. The molecule has 0 bridgehead atoms. The molecule has 2 nitrogen and oxygen atoms in total. The van der Waals surface area contributed by atoms with Crippen LogP contribution < -0.4 is 11.3 Å². The van der Waals surface area contributed by atoms with Crippen molar-refractivity contribution >= 4 is 11.8 Å². The Balaban J connectivity index is 3.37. The van der Waals surface area contributed by atoms with E-state index in [0.717, 1.165) is 18.1 Å². The molecule has 0 amide bonds. The average molecular weight is 188 g/mol. The van der Waals surface area contributed by atoms with E-state index in [4.69, 9.17) is 5.84 Å². The van der Waals surface area contributed by atoms with Crippen LogP contribution in [0, 0.1) is 5.92 Å². The zero-order chi connectivity index (χ0) is 9.40. The minimum atomic E-state index is 0.381. The third-order valence-corrected chi connectivity index (χ3v) is 3.00. The molecule has 72 valence electrons. The summed E-state index contributed by atoms with van der Waals surface area (Å²) in [4.78, 5) is 0. The number of hydrogen-bond donors (Lipinski definition) is 2. The Bertz CT molecular complexity index is 115. The van der Waals surface area contributed by atoms with E-state index in [2.05, 4.69) is 25.9 Å². The quantitative estimate of drug-likeness (QED) is 0.363. The van der Waals surface area contributed by atoms with E-state index in [1.807, 2.05) is 17.8 Å². The molecular formula is C9H20N2S. The second kappa shape index (κ2) is 7.65. The summed E-state index contributed by atoms with van der Waals surface area (Å²) in [5, 5.41) is 0. The Morgan fingerprint density at radius 2 is 2.17 bits per heavy atom. The molecule has 0 heterocycles. The molecule has 3 N–H and O–H groups in total. The molecule has 0 spiro atoms. The fourth-order valence-corrected chi connectivity index (χ4v) is 1.96. The second-order valence-electron chi connectivity index (χ2n) is 3.32. The van der Waals surface area contributed by atoms with Crippen molar-refractivity contribution in [1.82, 2.24) is 5.43 Å². The maximum Gasteiger partial charge on any atom is 0.0335 e. The smallest absolute Gasteiger partial charge is 0.0335 e. The SMILES string of the molecule is C=CCC(CSCC(C)C)NN. The molecule has 0 aromatic heterocycles. The van der Waals surface area contributed by atoms with Crippen molar-refractivity contribution in [1.29, 1.82) is 0 Å². The van der Waals surface area contributed by atoms with Gasteiger partial charge in [0, 0.05) is 11.8 Å². The molecular weight excluding hydrogens is 168 g/mol. The van der Waals surface area contributed by atoms with Crippen molar-refractivity contribution < 1.29 is 0 Å². The number of hydrazine groups is 1. The van der Waals surface area contributed by atoms with Gasteiger partial charge in [0.05, 0.1) is 0 Å². The predicted octanol–water partition coefficient (Wildman–Crippen LogP) is 1.78. The van der Waals surface area contributed by atoms with Gasteiger partial charge in [-0.1, -0.05) is 19.9 Å². The molecule has 0 aliphatic carbocycles. The van der Waals surface area contributed by atoms with Crippen LogP contribution in [0.25, 0.3) is 0 Å². The van der Waals surface area contributed by atoms with Gasteiger partial charge >= 0.3 is 0 Å². The molecule has 0 rings (SSSR count). The first-order chi connectivity index (χ1) is 5.70. The van der Waals surface area contributed by atoms with Gasteiger partial charge in [-0.3, -0.25) is 11.3 Å². The summed E-state index contributed by atoms with van der Waals surface area (Å²) in [6.45, 7) is 8.14. The van der Waals surface area contributed by atoms with Crippen molar-refractivity contribution in [3.63, 3.8) is 0 Å². The normalized spacial score (nSPS) is 13.3. The summed E-state index contributed by atoms with van der Waals surface area (Å²) >= 11 is 1.94. The molecule has 0 fully saturated rings. The molecule has 0 radical (unpaired) electrons. The van der Waals surface area contributed by atoms with Crippen molar-refractivity contribution in [2.24, 2.45) is 11.8 Å². The van der Waals surface area contributed by atoms with E-state index < -0.39 is 0 Å². The first-order valence-corrected chi connectivity index (χ1v) is 5.51. The van der Waals surface area contributed by atoms with E-state index in [9.17, 15) is 0 Å². The molecule has 0 aromatic carbocycles. The first kappa shape index (κ1) is 12.0. The number of rotatable bonds is 7. The molecule has 0 aliphatic rings. The van der Waals surface area contributed by atoms with E-state index >= 15 is 0 Å². The van der Waals surface area contributed by atoms with Crippen LogP contribution in [0.4, 0.5) is 0 Å². The third kappa shape index (κ3) is 6.70. The molecule has 0 aromatic rings. The van der Waals surface area contributed by atoms with E-state index in [0.29, 0.717) is 6.04 Å². The molecule has 1 unspecified atom stereocenters. The molecule has 0 saturated carbocycles. The molecule has 3 heteroatoms. The lowest BCUT2D eigenvalue weighted by molar-refractivity contribution is 0.584. The Morgan fingerprint density at radius 3 is 2.58 bits per heavy atom. The standard InChI is InChI=1S/C9H20N2S/c1-4-5-9(11-10)7-12-6-8(2)3/h4,8-9,11H,1,5-7,10H2,2-3H3. The van der Waals surface area contributed by atoms with Gasteiger partial charge in [-0.05, 0) is 18.1 Å². The molecule has 0 saturated heterocycles. The number of thioether (sulfide) groups is 1. The fourth-order valence-electron chi connectivity index (χ4n) is 0.831. The highest BCUT2D eigenvalue weighted by atomic mass is 32.2. The van der Waals surface area contributed by atoms with Crippen LogP contribution in [0.2, 0.25) is 0 Å². The molecule has 0 aliphatic heterocycles. The summed E-state index contributed by atoms with van der Waals surface area (Å²) < 4.78 is 0. The van der Waals surface area contributed by atoms with Gasteiger partial charge in [0.15, 0.2) is 0 Å². The van der Waals surface area contributed by atoms with Gasteiger partial charge in [-0.15, -0.1) is 6.58 Å². The Morgan fingerprint density at radius 1 is 1.50 bits per heavy atom. The molecule has 12 heavy (non-hydrogen) atoms. The van der Waals surface area contributed by atoms with Crippen LogP contribution in [0.3, 0.4) is 0 Å². The van der Waals surface area contributed by atoms with Crippen molar-refractivity contribution in [3.8, 4) is 0 Å². The monoisotopic (exact) mass is 188 g/mol. The number of nitrogens with one attached hydrogen (secondary N) is 1. The largest absolute Gasteiger partial charge is 0.271 e. The summed E-state index contributed by atoms with van der Waals surface area (Å²) in [6, 6.07) is 0.381. The molecule has 1 atom stereocenters. The van der Waals surface area contributed by atoms with E-state index in [-0.39, 0.29) is 0 Å². The summed E-state index contributed by atoms with van der Waals surface area (Å²) in [5.74, 6) is 8.40. The minimum absolute atomic E-state index is 0.381. The lowest BCUT2D eigenvalue weighted by Crippen LogP contribution is -2.36. The van der Waals surface area contributed by atoms with Crippen LogP contribution in [0.1, 0.15) is 20.3 Å². The minimum Gasteiger partial charge on any atom is -0.271 e. The lowest BCUT2D eigenvalue weighted by atomic mass is 10.2. The van der Waals surface area contributed by atoms with Crippen LogP contribution in [-0.4, -0.2) is 17.5 Å². The van der Waals surface area contributed by atoms with Crippen molar-refractivity contribution in [3.05, 3.63) is 12.7 Å². The van der Waals surface area contributed by atoms with E-state index in [1.165, 1.54) is 5.75 Å². The van der Waals surface area contributed by atoms with Gasteiger partial charge < -0.3 is 0 Å². The van der Waals surface area contributed by atoms with Crippen molar-refractivity contribution in [2.75, 3.05) is 11.5 Å². The zero-order valence-electron chi connectivity index (χ0n) is 8.05. The Labute approximate surface area is 80.0 Å². The highest BCUT2D eigenvalue weighted by Crippen LogP contribution is 2.10.